The fourth-order valence-corrected chi connectivity index (χ4v) is 3.37. The summed E-state index contributed by atoms with van der Waals surface area (Å²) in [5.74, 6) is 5.74. The number of fused-ring (bicyclic) bond motifs is 1. The van der Waals surface area contributed by atoms with Gasteiger partial charge in [0.25, 0.3) is 0 Å². The van der Waals surface area contributed by atoms with Crippen molar-refractivity contribution in [3.05, 3.63) is 35.2 Å². The van der Waals surface area contributed by atoms with Crippen LogP contribution in [0.25, 0.3) is 10.1 Å². The van der Waals surface area contributed by atoms with Crippen molar-refractivity contribution in [2.24, 2.45) is 5.84 Å². The second kappa shape index (κ2) is 6.01. The molecule has 3 nitrogen and oxygen atoms in total. The monoisotopic (exact) mass is 278 g/mol. The first-order chi connectivity index (χ1) is 9.14. The quantitative estimate of drug-likeness (QED) is 0.630. The van der Waals surface area contributed by atoms with E-state index in [4.69, 9.17) is 10.6 Å². The lowest BCUT2D eigenvalue weighted by atomic mass is 9.88. The van der Waals surface area contributed by atoms with E-state index in [-0.39, 0.29) is 11.6 Å². The van der Waals surface area contributed by atoms with Gasteiger partial charge >= 0.3 is 0 Å². The Hall–Kier alpha value is -0.940. The van der Waals surface area contributed by atoms with Crippen molar-refractivity contribution >= 4 is 21.4 Å². The van der Waals surface area contributed by atoms with Gasteiger partial charge < -0.3 is 4.74 Å². The molecule has 2 rings (SSSR count). The number of hydrogen-bond donors (Lipinski definition) is 2. The number of benzene rings is 1. The van der Waals surface area contributed by atoms with Crippen molar-refractivity contribution in [3.63, 3.8) is 0 Å². The van der Waals surface area contributed by atoms with E-state index in [2.05, 4.69) is 48.9 Å². The lowest BCUT2D eigenvalue weighted by Gasteiger charge is -2.35. The van der Waals surface area contributed by atoms with E-state index in [1.165, 1.54) is 15.6 Å². The largest absolute Gasteiger partial charge is 0.377 e. The first-order valence-electron chi connectivity index (χ1n) is 6.61. The molecule has 0 fully saturated rings. The predicted octanol–water partition coefficient (Wildman–Crippen LogP) is 3.09. The number of hydrogen-bond acceptors (Lipinski definition) is 4. The van der Waals surface area contributed by atoms with Crippen LogP contribution in [-0.4, -0.2) is 18.8 Å². The number of rotatable bonds is 6. The molecule has 2 aromatic rings. The van der Waals surface area contributed by atoms with Crippen LogP contribution >= 0.6 is 11.3 Å². The lowest BCUT2D eigenvalue weighted by Crippen LogP contribution is -2.53. The average molecular weight is 278 g/mol. The molecular weight excluding hydrogens is 256 g/mol. The van der Waals surface area contributed by atoms with Crippen LogP contribution in [0.4, 0.5) is 0 Å². The highest BCUT2D eigenvalue weighted by Gasteiger charge is 2.32. The molecule has 0 aliphatic heterocycles. The van der Waals surface area contributed by atoms with Gasteiger partial charge in [-0.05, 0) is 42.2 Å². The molecule has 3 N–H and O–H groups in total. The third-order valence-corrected chi connectivity index (χ3v) is 5.10. The van der Waals surface area contributed by atoms with Crippen molar-refractivity contribution in [1.82, 2.24) is 5.43 Å². The van der Waals surface area contributed by atoms with Gasteiger partial charge in [-0.2, -0.15) is 0 Å². The summed E-state index contributed by atoms with van der Waals surface area (Å²) in [6, 6.07) is 8.58. The lowest BCUT2D eigenvalue weighted by molar-refractivity contribution is -0.0287. The second-order valence-electron chi connectivity index (χ2n) is 5.05. The molecule has 2 atom stereocenters. The highest BCUT2D eigenvalue weighted by atomic mass is 32.1. The summed E-state index contributed by atoms with van der Waals surface area (Å²) in [7, 11) is 1.75. The van der Waals surface area contributed by atoms with Gasteiger partial charge in [0.2, 0.25) is 0 Å². The number of thiophene rings is 1. The Bertz CT molecular complexity index is 534. The zero-order valence-corrected chi connectivity index (χ0v) is 12.6. The van der Waals surface area contributed by atoms with Gasteiger partial charge in [0.15, 0.2) is 0 Å². The topological polar surface area (TPSA) is 47.3 Å². The number of methoxy groups -OCH3 is 1. The highest BCUT2D eigenvalue weighted by molar-refractivity contribution is 7.17. The smallest absolute Gasteiger partial charge is 0.0817 e. The van der Waals surface area contributed by atoms with Crippen molar-refractivity contribution in [3.8, 4) is 0 Å². The summed E-state index contributed by atoms with van der Waals surface area (Å²) < 4.78 is 6.98. The molecule has 0 bridgehead atoms. The number of ether oxygens (including phenoxy) is 1. The van der Waals surface area contributed by atoms with Gasteiger partial charge in [-0.25, -0.2) is 0 Å². The standard InChI is InChI=1S/C15H22N2OS/c1-4-15(2,18-3)14(17-16)9-11-10-19-13-8-6-5-7-12(11)13/h5-8,10,14,17H,4,9,16H2,1-3H3. The normalized spacial score (nSPS) is 16.4. The molecule has 0 saturated carbocycles. The maximum absolute atomic E-state index is 5.74. The van der Waals surface area contributed by atoms with Crippen molar-refractivity contribution in [2.45, 2.75) is 38.3 Å². The van der Waals surface area contributed by atoms with Crippen LogP contribution in [0.1, 0.15) is 25.8 Å². The van der Waals surface area contributed by atoms with Crippen LogP contribution in [0.5, 0.6) is 0 Å². The van der Waals surface area contributed by atoms with E-state index < -0.39 is 0 Å². The molecule has 1 heterocycles. The number of nitrogens with one attached hydrogen (secondary N) is 1. The first-order valence-corrected chi connectivity index (χ1v) is 7.49. The van der Waals surface area contributed by atoms with Crippen molar-refractivity contribution in [2.75, 3.05) is 7.11 Å². The Morgan fingerprint density at radius 1 is 1.42 bits per heavy atom. The van der Waals surface area contributed by atoms with Gasteiger partial charge in [0.1, 0.15) is 0 Å². The molecule has 0 amide bonds. The molecule has 0 saturated heterocycles. The summed E-state index contributed by atoms with van der Waals surface area (Å²) in [6.45, 7) is 4.23. The molecule has 4 heteroatoms. The minimum atomic E-state index is -0.252. The van der Waals surface area contributed by atoms with Gasteiger partial charge in [-0.15, -0.1) is 11.3 Å². The Morgan fingerprint density at radius 3 is 2.79 bits per heavy atom. The first kappa shape index (κ1) is 14.5. The average Bonchev–Trinajstić information content (AvgIpc) is 2.87. The third kappa shape index (κ3) is 2.82. The minimum absolute atomic E-state index is 0.0977. The zero-order valence-electron chi connectivity index (χ0n) is 11.8. The molecule has 0 radical (unpaired) electrons. The van der Waals surface area contributed by atoms with Crippen LogP contribution in [0.15, 0.2) is 29.6 Å². The Balaban J connectivity index is 2.28. The van der Waals surface area contributed by atoms with Crippen LogP contribution in [-0.2, 0) is 11.2 Å². The zero-order chi connectivity index (χ0) is 13.9. The molecule has 1 aromatic carbocycles. The molecular formula is C15H22N2OS. The molecule has 104 valence electrons. The molecule has 0 aliphatic carbocycles. The van der Waals surface area contributed by atoms with E-state index >= 15 is 0 Å². The fourth-order valence-electron chi connectivity index (χ4n) is 2.39. The van der Waals surface area contributed by atoms with Gasteiger partial charge in [0, 0.05) is 11.8 Å². The predicted molar refractivity (Wildman–Crippen MR) is 82.3 cm³/mol. The molecule has 0 spiro atoms. The molecule has 0 aliphatic rings. The van der Waals surface area contributed by atoms with E-state index in [0.29, 0.717) is 0 Å². The maximum Gasteiger partial charge on any atom is 0.0817 e. The number of hydrazine groups is 1. The van der Waals surface area contributed by atoms with E-state index in [1.54, 1.807) is 18.4 Å². The van der Waals surface area contributed by atoms with Crippen LogP contribution < -0.4 is 11.3 Å². The molecule has 2 unspecified atom stereocenters. The van der Waals surface area contributed by atoms with Crippen LogP contribution in [0.3, 0.4) is 0 Å². The molecule has 19 heavy (non-hydrogen) atoms. The van der Waals surface area contributed by atoms with E-state index in [9.17, 15) is 0 Å². The van der Waals surface area contributed by atoms with E-state index in [1.807, 2.05) is 0 Å². The SMILES string of the molecule is CCC(C)(OC)C(Cc1csc2ccccc12)NN. The maximum atomic E-state index is 5.74. The summed E-state index contributed by atoms with van der Waals surface area (Å²) in [5, 5.41) is 3.54. The number of nitrogens with two attached hydrogens (primary N) is 1. The highest BCUT2D eigenvalue weighted by Crippen LogP contribution is 2.29. The molecule has 1 aromatic heterocycles. The summed E-state index contributed by atoms with van der Waals surface area (Å²) in [5.41, 5.74) is 4.01. The Kier molecular flexibility index (Phi) is 4.58. The fraction of sp³-hybridized carbons (Fsp3) is 0.467. The summed E-state index contributed by atoms with van der Waals surface area (Å²) >= 11 is 1.78. The van der Waals surface area contributed by atoms with Gasteiger partial charge in [0.05, 0.1) is 11.6 Å². The van der Waals surface area contributed by atoms with Crippen LogP contribution in [0.2, 0.25) is 0 Å². The second-order valence-corrected chi connectivity index (χ2v) is 5.96. The third-order valence-electron chi connectivity index (χ3n) is 4.09. The van der Waals surface area contributed by atoms with Crippen molar-refractivity contribution < 1.29 is 4.74 Å². The Morgan fingerprint density at radius 2 is 2.16 bits per heavy atom. The minimum Gasteiger partial charge on any atom is -0.377 e. The van der Waals surface area contributed by atoms with Crippen LogP contribution in [0, 0.1) is 0 Å². The summed E-state index contributed by atoms with van der Waals surface area (Å²) in [4.78, 5) is 0. The Labute approximate surface area is 118 Å². The summed E-state index contributed by atoms with van der Waals surface area (Å²) in [6.07, 6.45) is 1.79. The van der Waals surface area contributed by atoms with Gasteiger partial charge in [-0.3, -0.25) is 11.3 Å². The van der Waals surface area contributed by atoms with Crippen molar-refractivity contribution in [1.29, 1.82) is 0 Å². The van der Waals surface area contributed by atoms with E-state index in [0.717, 1.165) is 12.8 Å². The van der Waals surface area contributed by atoms with Gasteiger partial charge in [-0.1, -0.05) is 25.1 Å².